The number of hydrogen-bond donors (Lipinski definition) is 1. The summed E-state index contributed by atoms with van der Waals surface area (Å²) in [6.45, 7) is 1.59. The molecule has 11 heteroatoms. The number of aromatic nitrogens is 2. The Morgan fingerprint density at radius 3 is 2.58 bits per heavy atom. The molecule has 1 N–H and O–H groups in total. The summed E-state index contributed by atoms with van der Waals surface area (Å²) < 4.78 is 55.3. The van der Waals surface area contributed by atoms with E-state index in [2.05, 4.69) is 25.1 Å². The van der Waals surface area contributed by atoms with Gasteiger partial charge in [-0.1, -0.05) is 40.6 Å². The number of oxime groups is 1. The summed E-state index contributed by atoms with van der Waals surface area (Å²) >= 11 is 0. The summed E-state index contributed by atoms with van der Waals surface area (Å²) in [5, 5.41) is 9.64. The zero-order chi connectivity index (χ0) is 22.4. The van der Waals surface area contributed by atoms with Crippen molar-refractivity contribution in [2.24, 2.45) is 5.16 Å². The fraction of sp³-hybridized carbons (Fsp3) is 0.200. The monoisotopic (exact) mass is 436 g/mol. The highest BCUT2D eigenvalue weighted by Gasteiger charge is 2.38. The summed E-state index contributed by atoms with van der Waals surface area (Å²) in [5.74, 6) is -2.54. The Labute approximate surface area is 173 Å². The van der Waals surface area contributed by atoms with E-state index in [0.29, 0.717) is 5.56 Å². The van der Waals surface area contributed by atoms with E-state index in [1.54, 1.807) is 25.1 Å². The molecule has 3 rings (SSSR count). The van der Waals surface area contributed by atoms with Crippen molar-refractivity contribution in [1.29, 1.82) is 0 Å². The van der Waals surface area contributed by atoms with Gasteiger partial charge in [0, 0.05) is 16.7 Å². The molecule has 0 saturated heterocycles. The summed E-state index contributed by atoms with van der Waals surface area (Å²) in [7, 11) is 0. The smallest absolute Gasteiger partial charge is 0.391 e. The van der Waals surface area contributed by atoms with Crippen LogP contribution in [0.4, 0.5) is 17.6 Å². The first kappa shape index (κ1) is 21.9. The van der Waals surface area contributed by atoms with Gasteiger partial charge in [0.05, 0.1) is 12.3 Å². The second-order valence-corrected chi connectivity index (χ2v) is 6.38. The van der Waals surface area contributed by atoms with Gasteiger partial charge in [-0.15, -0.1) is 0 Å². The van der Waals surface area contributed by atoms with E-state index in [1.807, 2.05) is 0 Å². The van der Waals surface area contributed by atoms with Gasteiger partial charge in [0.25, 0.3) is 5.91 Å². The molecule has 0 aliphatic rings. The third kappa shape index (κ3) is 5.87. The Hall–Kier alpha value is -3.76. The van der Waals surface area contributed by atoms with Gasteiger partial charge in [-0.3, -0.25) is 4.79 Å². The molecule has 2 aromatic carbocycles. The van der Waals surface area contributed by atoms with E-state index < -0.39 is 29.8 Å². The van der Waals surface area contributed by atoms with Gasteiger partial charge < -0.3 is 14.7 Å². The molecular formula is C20H16F4N4O3. The van der Waals surface area contributed by atoms with Crippen molar-refractivity contribution >= 4 is 12.1 Å². The van der Waals surface area contributed by atoms with Gasteiger partial charge >= 0.3 is 12.1 Å². The van der Waals surface area contributed by atoms with E-state index in [-0.39, 0.29) is 23.6 Å². The molecule has 0 saturated carbocycles. The third-order valence-corrected chi connectivity index (χ3v) is 3.97. The SMILES string of the molecule is CC(C=NOCc1ccccc1F)NC(=O)c1ccc(-c2noc(C(F)(F)F)n2)cc1. The number of alkyl halides is 3. The maximum Gasteiger partial charge on any atom is 0.471 e. The fourth-order valence-electron chi connectivity index (χ4n) is 2.41. The highest BCUT2D eigenvalue weighted by molar-refractivity contribution is 5.96. The topological polar surface area (TPSA) is 89.6 Å². The minimum Gasteiger partial charge on any atom is -0.391 e. The Morgan fingerprint density at radius 2 is 1.94 bits per heavy atom. The average molecular weight is 436 g/mol. The predicted octanol–water partition coefficient (Wildman–Crippen LogP) is 4.22. The van der Waals surface area contributed by atoms with Gasteiger partial charge in [-0.2, -0.15) is 18.2 Å². The van der Waals surface area contributed by atoms with Crippen LogP contribution >= 0.6 is 0 Å². The van der Waals surface area contributed by atoms with Crippen LogP contribution in [0.2, 0.25) is 0 Å². The molecule has 3 aromatic rings. The lowest BCUT2D eigenvalue weighted by Crippen LogP contribution is -2.33. The molecule has 1 atom stereocenters. The van der Waals surface area contributed by atoms with Crippen molar-refractivity contribution in [2.75, 3.05) is 0 Å². The first-order chi connectivity index (χ1) is 14.7. The van der Waals surface area contributed by atoms with E-state index in [9.17, 15) is 22.4 Å². The predicted molar refractivity (Wildman–Crippen MR) is 101 cm³/mol. The lowest BCUT2D eigenvalue weighted by molar-refractivity contribution is -0.159. The van der Waals surface area contributed by atoms with Gasteiger partial charge in [-0.05, 0) is 25.1 Å². The van der Waals surface area contributed by atoms with Gasteiger partial charge in [0.1, 0.15) is 12.4 Å². The Morgan fingerprint density at radius 1 is 1.23 bits per heavy atom. The molecule has 0 radical (unpaired) electrons. The van der Waals surface area contributed by atoms with Crippen molar-refractivity contribution in [3.05, 3.63) is 71.4 Å². The molecule has 0 aliphatic heterocycles. The van der Waals surface area contributed by atoms with Crippen molar-refractivity contribution in [3.8, 4) is 11.4 Å². The van der Waals surface area contributed by atoms with Gasteiger partial charge in [-0.25, -0.2) is 4.39 Å². The van der Waals surface area contributed by atoms with Crippen LogP contribution in [0.5, 0.6) is 0 Å². The van der Waals surface area contributed by atoms with Crippen molar-refractivity contribution in [2.45, 2.75) is 25.7 Å². The largest absolute Gasteiger partial charge is 0.471 e. The van der Waals surface area contributed by atoms with Crippen LogP contribution in [-0.4, -0.2) is 28.3 Å². The van der Waals surface area contributed by atoms with Crippen LogP contribution in [0.3, 0.4) is 0 Å². The summed E-state index contributed by atoms with van der Waals surface area (Å²) in [4.78, 5) is 20.6. The lowest BCUT2D eigenvalue weighted by atomic mass is 10.1. The highest BCUT2D eigenvalue weighted by atomic mass is 19.4. The molecule has 0 aliphatic carbocycles. The van der Waals surface area contributed by atoms with E-state index in [1.165, 1.54) is 36.5 Å². The van der Waals surface area contributed by atoms with Crippen LogP contribution in [-0.2, 0) is 17.6 Å². The van der Waals surface area contributed by atoms with Gasteiger partial charge in [0.15, 0.2) is 0 Å². The molecule has 1 unspecified atom stereocenters. The third-order valence-electron chi connectivity index (χ3n) is 3.97. The second kappa shape index (κ2) is 9.37. The number of carbonyl (C=O) groups excluding carboxylic acids is 1. The summed E-state index contributed by atoms with van der Waals surface area (Å²) in [5.41, 5.74) is 0.864. The van der Waals surface area contributed by atoms with Crippen LogP contribution < -0.4 is 5.32 Å². The maximum atomic E-state index is 13.5. The first-order valence-corrected chi connectivity index (χ1v) is 8.95. The number of halogens is 4. The van der Waals surface area contributed by atoms with Crippen molar-refractivity contribution in [3.63, 3.8) is 0 Å². The Bertz CT molecular complexity index is 1060. The molecule has 0 fully saturated rings. The van der Waals surface area contributed by atoms with Crippen LogP contribution in [0.1, 0.15) is 28.7 Å². The van der Waals surface area contributed by atoms with Crippen LogP contribution in [0.15, 0.2) is 58.2 Å². The van der Waals surface area contributed by atoms with E-state index in [0.717, 1.165) is 0 Å². The maximum absolute atomic E-state index is 13.5. The number of nitrogens with one attached hydrogen (secondary N) is 1. The number of carbonyl (C=O) groups is 1. The average Bonchev–Trinajstić information content (AvgIpc) is 3.23. The molecule has 31 heavy (non-hydrogen) atoms. The van der Waals surface area contributed by atoms with Crippen LogP contribution in [0.25, 0.3) is 11.4 Å². The minimum absolute atomic E-state index is 0.0581. The zero-order valence-corrected chi connectivity index (χ0v) is 16.1. The molecular weight excluding hydrogens is 420 g/mol. The number of amides is 1. The lowest BCUT2D eigenvalue weighted by Gasteiger charge is -2.09. The quantitative estimate of drug-likeness (QED) is 0.340. The molecule has 1 heterocycles. The molecule has 1 aromatic heterocycles. The molecule has 1 amide bonds. The molecule has 0 spiro atoms. The summed E-state index contributed by atoms with van der Waals surface area (Å²) in [6.07, 6.45) is -3.40. The van der Waals surface area contributed by atoms with E-state index in [4.69, 9.17) is 4.84 Å². The molecule has 0 bridgehead atoms. The standard InChI is InChI=1S/C20H16F4N4O3/c1-12(10-25-30-11-15-4-2-3-5-16(15)21)26-18(29)14-8-6-13(7-9-14)17-27-19(31-28-17)20(22,23)24/h2-10,12H,11H2,1H3,(H,26,29). The first-order valence-electron chi connectivity index (χ1n) is 8.95. The number of nitrogens with zero attached hydrogens (tertiary/aromatic N) is 3. The van der Waals surface area contributed by atoms with Gasteiger partial charge in [0.2, 0.25) is 5.82 Å². The zero-order valence-electron chi connectivity index (χ0n) is 16.1. The summed E-state index contributed by atoms with van der Waals surface area (Å²) in [6, 6.07) is 11.2. The normalized spacial score (nSPS) is 12.7. The second-order valence-electron chi connectivity index (χ2n) is 6.38. The Balaban J connectivity index is 1.53. The molecule has 7 nitrogen and oxygen atoms in total. The van der Waals surface area contributed by atoms with Crippen molar-refractivity contribution < 1.29 is 31.7 Å². The van der Waals surface area contributed by atoms with Crippen molar-refractivity contribution in [1.82, 2.24) is 15.5 Å². The Kier molecular flexibility index (Phi) is 6.63. The highest BCUT2D eigenvalue weighted by Crippen LogP contribution is 2.29. The number of benzene rings is 2. The van der Waals surface area contributed by atoms with Crippen LogP contribution in [0, 0.1) is 5.82 Å². The number of hydrogen-bond acceptors (Lipinski definition) is 6. The minimum atomic E-state index is -4.73. The van der Waals surface area contributed by atoms with E-state index >= 15 is 0 Å². The number of rotatable bonds is 7. The fourth-order valence-corrected chi connectivity index (χ4v) is 2.41. The molecule has 162 valence electrons.